The van der Waals surface area contributed by atoms with E-state index in [0.29, 0.717) is 6.61 Å². The van der Waals surface area contributed by atoms with Crippen molar-refractivity contribution in [3.8, 4) is 11.5 Å². The van der Waals surface area contributed by atoms with E-state index in [4.69, 9.17) is 9.47 Å². The van der Waals surface area contributed by atoms with Crippen LogP contribution in [0.25, 0.3) is 10.8 Å². The molecule has 0 bridgehead atoms. The first-order valence-corrected chi connectivity index (χ1v) is 9.88. The number of nitrogens with one attached hydrogen (secondary N) is 1. The minimum Gasteiger partial charge on any atom is -0.497 e. The molecule has 30 heavy (non-hydrogen) atoms. The van der Waals surface area contributed by atoms with E-state index in [2.05, 4.69) is 5.32 Å². The van der Waals surface area contributed by atoms with Crippen LogP contribution < -0.4 is 14.8 Å². The van der Waals surface area contributed by atoms with E-state index in [0.717, 1.165) is 33.4 Å². The Labute approximate surface area is 175 Å². The Hall–Kier alpha value is -3.54. The summed E-state index contributed by atoms with van der Waals surface area (Å²) >= 11 is 0. The van der Waals surface area contributed by atoms with Gasteiger partial charge < -0.3 is 14.8 Å². The van der Waals surface area contributed by atoms with Gasteiger partial charge in [0, 0.05) is 0 Å². The second-order valence-electron chi connectivity index (χ2n) is 7.45. The second kappa shape index (κ2) is 7.71. The monoisotopic (exact) mass is 404 g/mol. The van der Waals surface area contributed by atoms with Crippen LogP contribution in [-0.2, 0) is 16.9 Å². The Morgan fingerprint density at radius 2 is 1.60 bits per heavy atom. The molecule has 1 heterocycles. The van der Waals surface area contributed by atoms with Crippen molar-refractivity contribution in [1.29, 1.82) is 0 Å². The van der Waals surface area contributed by atoms with Crippen LogP contribution >= 0.6 is 0 Å². The summed E-state index contributed by atoms with van der Waals surface area (Å²) in [6.45, 7) is 4.46. The molecular formula is C24H24N2O4. The van der Waals surface area contributed by atoms with Gasteiger partial charge in [0.25, 0.3) is 5.91 Å². The standard InChI is InChI=1S/C24H24N2O4/c1-4-30-20-10-5-16(6-11-20)15-26-22(27)24(2,25-23(26)28)19-9-7-18-14-21(29-3)12-8-17(18)13-19/h5-14H,4,15H2,1-3H3,(H,25,28)/t24-/m0/s1. The molecule has 1 N–H and O–H groups in total. The van der Waals surface area contributed by atoms with Gasteiger partial charge in [-0.05, 0) is 66.1 Å². The van der Waals surface area contributed by atoms with Gasteiger partial charge in [-0.25, -0.2) is 4.79 Å². The Bertz CT molecular complexity index is 1110. The van der Waals surface area contributed by atoms with Crippen molar-refractivity contribution in [2.75, 3.05) is 13.7 Å². The SMILES string of the molecule is CCOc1ccc(CN2C(=O)N[C@@](C)(c3ccc4cc(OC)ccc4c3)C2=O)cc1. The molecule has 4 rings (SSSR count). The van der Waals surface area contributed by atoms with Crippen molar-refractivity contribution in [3.05, 3.63) is 71.8 Å². The molecule has 6 nitrogen and oxygen atoms in total. The maximum absolute atomic E-state index is 13.2. The molecule has 0 radical (unpaired) electrons. The Morgan fingerprint density at radius 1 is 0.933 bits per heavy atom. The molecule has 0 saturated carbocycles. The molecule has 1 fully saturated rings. The molecule has 3 aromatic carbocycles. The average Bonchev–Trinajstić information content (AvgIpc) is 2.98. The number of nitrogens with zero attached hydrogens (tertiary/aromatic N) is 1. The van der Waals surface area contributed by atoms with Gasteiger partial charge in [0.15, 0.2) is 0 Å². The topological polar surface area (TPSA) is 67.9 Å². The fraction of sp³-hybridized carbons (Fsp3) is 0.250. The van der Waals surface area contributed by atoms with Crippen LogP contribution in [0.15, 0.2) is 60.7 Å². The molecule has 1 atom stereocenters. The lowest BCUT2D eigenvalue weighted by molar-refractivity contribution is -0.131. The summed E-state index contributed by atoms with van der Waals surface area (Å²) in [4.78, 5) is 27.2. The lowest BCUT2D eigenvalue weighted by Gasteiger charge is -2.23. The fourth-order valence-electron chi connectivity index (χ4n) is 3.74. The number of hydrogen-bond donors (Lipinski definition) is 1. The molecule has 154 valence electrons. The smallest absolute Gasteiger partial charge is 0.325 e. The summed E-state index contributed by atoms with van der Waals surface area (Å²) in [5, 5.41) is 4.85. The van der Waals surface area contributed by atoms with E-state index in [9.17, 15) is 9.59 Å². The molecule has 3 aromatic rings. The zero-order chi connectivity index (χ0) is 21.3. The van der Waals surface area contributed by atoms with E-state index in [1.165, 1.54) is 4.90 Å². The van der Waals surface area contributed by atoms with Crippen LogP contribution in [0.5, 0.6) is 11.5 Å². The molecule has 1 aliphatic heterocycles. The largest absolute Gasteiger partial charge is 0.497 e. The van der Waals surface area contributed by atoms with Gasteiger partial charge in [-0.1, -0.05) is 30.3 Å². The van der Waals surface area contributed by atoms with Gasteiger partial charge in [-0.15, -0.1) is 0 Å². The molecule has 1 saturated heterocycles. The van der Waals surface area contributed by atoms with Gasteiger partial charge >= 0.3 is 6.03 Å². The molecule has 0 aliphatic carbocycles. The fourth-order valence-corrected chi connectivity index (χ4v) is 3.74. The Kier molecular flexibility index (Phi) is 5.08. The number of fused-ring (bicyclic) bond motifs is 1. The normalized spacial score (nSPS) is 18.6. The van der Waals surface area contributed by atoms with Crippen LogP contribution in [0.2, 0.25) is 0 Å². The number of carbonyl (C=O) groups excluding carboxylic acids is 2. The molecule has 0 unspecified atom stereocenters. The third kappa shape index (κ3) is 3.45. The van der Waals surface area contributed by atoms with Crippen molar-refractivity contribution in [3.63, 3.8) is 0 Å². The van der Waals surface area contributed by atoms with Gasteiger partial charge in [0.2, 0.25) is 0 Å². The van der Waals surface area contributed by atoms with Crippen molar-refractivity contribution in [2.45, 2.75) is 25.9 Å². The summed E-state index contributed by atoms with van der Waals surface area (Å²) < 4.78 is 10.7. The number of methoxy groups -OCH3 is 1. The van der Waals surface area contributed by atoms with E-state index in [1.54, 1.807) is 14.0 Å². The van der Waals surface area contributed by atoms with Crippen LogP contribution in [0.3, 0.4) is 0 Å². The van der Waals surface area contributed by atoms with Gasteiger partial charge in [-0.2, -0.15) is 0 Å². The van der Waals surface area contributed by atoms with E-state index in [1.807, 2.05) is 67.6 Å². The first-order chi connectivity index (χ1) is 14.4. The Morgan fingerprint density at radius 3 is 2.30 bits per heavy atom. The molecule has 0 aromatic heterocycles. The minimum absolute atomic E-state index is 0.206. The summed E-state index contributed by atoms with van der Waals surface area (Å²) in [7, 11) is 1.63. The van der Waals surface area contributed by atoms with Gasteiger partial charge in [0.1, 0.15) is 17.0 Å². The van der Waals surface area contributed by atoms with Gasteiger partial charge in [0.05, 0.1) is 20.3 Å². The maximum atomic E-state index is 13.2. The van der Waals surface area contributed by atoms with Gasteiger partial charge in [-0.3, -0.25) is 9.69 Å². The first kappa shape index (κ1) is 19.8. The second-order valence-corrected chi connectivity index (χ2v) is 7.45. The minimum atomic E-state index is -1.11. The summed E-state index contributed by atoms with van der Waals surface area (Å²) in [5.74, 6) is 1.26. The lowest BCUT2D eigenvalue weighted by atomic mass is 9.90. The highest BCUT2D eigenvalue weighted by Gasteiger charge is 2.48. The number of rotatable bonds is 6. The average molecular weight is 404 g/mol. The number of ether oxygens (including phenoxy) is 2. The predicted octanol–water partition coefficient (Wildman–Crippen LogP) is 4.21. The summed E-state index contributed by atoms with van der Waals surface area (Å²) in [6.07, 6.45) is 0. The van der Waals surface area contributed by atoms with E-state index < -0.39 is 11.6 Å². The highest BCUT2D eigenvalue weighted by Crippen LogP contribution is 2.32. The molecule has 3 amide bonds. The number of imide groups is 1. The molecule has 0 spiro atoms. The zero-order valence-electron chi connectivity index (χ0n) is 17.3. The van der Waals surface area contributed by atoms with Crippen molar-refractivity contribution >= 4 is 22.7 Å². The quantitative estimate of drug-likeness (QED) is 0.625. The number of amides is 3. The molecule has 6 heteroatoms. The van der Waals surface area contributed by atoms with Crippen LogP contribution in [-0.4, -0.2) is 30.6 Å². The van der Waals surface area contributed by atoms with Crippen molar-refractivity contribution < 1.29 is 19.1 Å². The van der Waals surface area contributed by atoms with Crippen LogP contribution in [0.4, 0.5) is 4.79 Å². The lowest BCUT2D eigenvalue weighted by Crippen LogP contribution is -2.40. The number of carbonyl (C=O) groups is 2. The Balaban J connectivity index is 1.59. The maximum Gasteiger partial charge on any atom is 0.325 e. The molecular weight excluding hydrogens is 380 g/mol. The van der Waals surface area contributed by atoms with Crippen LogP contribution in [0.1, 0.15) is 25.0 Å². The predicted molar refractivity (Wildman–Crippen MR) is 115 cm³/mol. The van der Waals surface area contributed by atoms with E-state index >= 15 is 0 Å². The van der Waals surface area contributed by atoms with E-state index in [-0.39, 0.29) is 12.5 Å². The third-order valence-corrected chi connectivity index (χ3v) is 5.47. The highest BCUT2D eigenvalue weighted by atomic mass is 16.5. The first-order valence-electron chi connectivity index (χ1n) is 9.88. The summed E-state index contributed by atoms with van der Waals surface area (Å²) in [5.41, 5.74) is 0.487. The number of hydrogen-bond acceptors (Lipinski definition) is 4. The molecule has 1 aliphatic rings. The number of benzene rings is 3. The third-order valence-electron chi connectivity index (χ3n) is 5.47. The number of urea groups is 1. The van der Waals surface area contributed by atoms with Crippen LogP contribution in [0, 0.1) is 0 Å². The van der Waals surface area contributed by atoms with Crippen molar-refractivity contribution in [2.24, 2.45) is 0 Å². The van der Waals surface area contributed by atoms with Crippen molar-refractivity contribution in [1.82, 2.24) is 10.2 Å². The zero-order valence-corrected chi connectivity index (χ0v) is 17.3. The summed E-state index contributed by atoms with van der Waals surface area (Å²) in [6, 6.07) is 18.5. The highest BCUT2D eigenvalue weighted by molar-refractivity contribution is 6.07.